The molecule has 0 radical (unpaired) electrons. The summed E-state index contributed by atoms with van der Waals surface area (Å²) in [5, 5.41) is 2.90. The molecule has 0 unspecified atom stereocenters. The average Bonchev–Trinajstić information content (AvgIpc) is 2.41. The minimum Gasteiger partial charge on any atom is -0.315 e. The maximum atomic E-state index is 11.9. The summed E-state index contributed by atoms with van der Waals surface area (Å²) >= 11 is 9.71. The molecule has 2 N–H and O–H groups in total. The Bertz CT molecular complexity index is 553. The molecule has 0 aliphatic carbocycles. The normalized spacial score (nSPS) is 16.6. The Morgan fingerprint density at radius 3 is 2.65 bits per heavy atom. The highest BCUT2D eigenvalue weighted by molar-refractivity contribution is 9.10. The van der Waals surface area contributed by atoms with E-state index in [1.807, 2.05) is 4.72 Å². The third kappa shape index (κ3) is 2.82. The zero-order valence-electron chi connectivity index (χ0n) is 8.37. The molecule has 0 bridgehead atoms. The predicted molar refractivity (Wildman–Crippen MR) is 68.7 cm³/mol. The van der Waals surface area contributed by atoms with Gasteiger partial charge >= 0.3 is 0 Å². The van der Waals surface area contributed by atoms with E-state index in [0.29, 0.717) is 21.9 Å². The minimum atomic E-state index is -3.83. The van der Waals surface area contributed by atoms with Gasteiger partial charge in [0.1, 0.15) is 0 Å². The SMILES string of the molecule is O=C(NS(=O)(=O)c1sc(Cl)cc1Br)C1CNC1. The minimum absolute atomic E-state index is 0.0168. The summed E-state index contributed by atoms with van der Waals surface area (Å²) in [4.78, 5) is 11.6. The van der Waals surface area contributed by atoms with Crippen molar-refractivity contribution in [2.75, 3.05) is 13.1 Å². The second-order valence-electron chi connectivity index (χ2n) is 3.51. The summed E-state index contributed by atoms with van der Waals surface area (Å²) in [6, 6.07) is 1.48. The lowest BCUT2D eigenvalue weighted by Crippen LogP contribution is -2.51. The first-order chi connectivity index (χ1) is 7.90. The zero-order chi connectivity index (χ0) is 12.6. The van der Waals surface area contributed by atoms with Gasteiger partial charge in [0.05, 0.1) is 14.7 Å². The molecule has 9 heteroatoms. The van der Waals surface area contributed by atoms with Gasteiger partial charge in [-0.3, -0.25) is 4.79 Å². The molecule has 0 atom stereocenters. The number of halogens is 2. The van der Waals surface area contributed by atoms with Gasteiger partial charge < -0.3 is 5.32 Å². The summed E-state index contributed by atoms with van der Waals surface area (Å²) in [6.07, 6.45) is 0. The first-order valence-corrected chi connectivity index (χ1v) is 8.09. The molecule has 0 aromatic carbocycles. The third-order valence-corrected chi connectivity index (χ3v) is 6.55. The van der Waals surface area contributed by atoms with Crippen LogP contribution < -0.4 is 10.0 Å². The average molecular weight is 360 g/mol. The van der Waals surface area contributed by atoms with Gasteiger partial charge in [0.15, 0.2) is 4.21 Å². The van der Waals surface area contributed by atoms with Gasteiger partial charge in [0, 0.05) is 13.1 Å². The summed E-state index contributed by atoms with van der Waals surface area (Å²) in [7, 11) is -3.83. The number of amides is 1. The molecule has 5 nitrogen and oxygen atoms in total. The van der Waals surface area contributed by atoms with Crippen molar-refractivity contribution in [3.05, 3.63) is 14.9 Å². The van der Waals surface area contributed by atoms with Crippen molar-refractivity contribution in [2.45, 2.75) is 4.21 Å². The van der Waals surface area contributed by atoms with Crippen LogP contribution >= 0.6 is 38.9 Å². The first-order valence-electron chi connectivity index (χ1n) is 4.62. The Morgan fingerprint density at radius 1 is 1.59 bits per heavy atom. The Morgan fingerprint density at radius 2 is 2.24 bits per heavy atom. The van der Waals surface area contributed by atoms with Crippen LogP contribution in [0.1, 0.15) is 0 Å². The van der Waals surface area contributed by atoms with E-state index in [0.717, 1.165) is 11.3 Å². The predicted octanol–water partition coefficient (Wildman–Crippen LogP) is 1.19. The molecule has 17 heavy (non-hydrogen) atoms. The third-order valence-electron chi connectivity index (χ3n) is 2.26. The van der Waals surface area contributed by atoms with E-state index in [1.165, 1.54) is 6.07 Å². The molecule has 2 rings (SSSR count). The molecule has 1 aliphatic rings. The van der Waals surface area contributed by atoms with Crippen LogP contribution in [0, 0.1) is 5.92 Å². The van der Waals surface area contributed by atoms with Gasteiger partial charge in [-0.15, -0.1) is 11.3 Å². The van der Waals surface area contributed by atoms with Crippen molar-refractivity contribution in [3.63, 3.8) is 0 Å². The van der Waals surface area contributed by atoms with E-state index in [1.54, 1.807) is 0 Å². The van der Waals surface area contributed by atoms with Crippen LogP contribution in [-0.2, 0) is 14.8 Å². The maximum Gasteiger partial charge on any atom is 0.274 e. The summed E-state index contributed by atoms with van der Waals surface area (Å²) in [5.74, 6) is -0.765. The van der Waals surface area contributed by atoms with E-state index in [9.17, 15) is 13.2 Å². The van der Waals surface area contributed by atoms with Gasteiger partial charge in [0.25, 0.3) is 10.0 Å². The summed E-state index contributed by atoms with van der Waals surface area (Å²) in [5.41, 5.74) is 0. The molecule has 1 aromatic rings. The second-order valence-corrected chi connectivity index (χ2v) is 7.93. The highest BCUT2D eigenvalue weighted by Crippen LogP contribution is 2.34. The molecule has 94 valence electrons. The van der Waals surface area contributed by atoms with Gasteiger partial charge in [-0.2, -0.15) is 0 Å². The van der Waals surface area contributed by atoms with Crippen molar-refractivity contribution in [1.29, 1.82) is 0 Å². The van der Waals surface area contributed by atoms with Crippen LogP contribution in [0.5, 0.6) is 0 Å². The number of rotatable bonds is 3. The van der Waals surface area contributed by atoms with Gasteiger partial charge in [0.2, 0.25) is 5.91 Å². The van der Waals surface area contributed by atoms with Crippen LogP contribution in [0.2, 0.25) is 4.34 Å². The van der Waals surface area contributed by atoms with Crippen molar-refractivity contribution < 1.29 is 13.2 Å². The smallest absolute Gasteiger partial charge is 0.274 e. The monoisotopic (exact) mass is 358 g/mol. The highest BCUT2D eigenvalue weighted by atomic mass is 79.9. The molecule has 1 aromatic heterocycles. The Labute approximate surface area is 116 Å². The van der Waals surface area contributed by atoms with E-state index in [2.05, 4.69) is 21.2 Å². The van der Waals surface area contributed by atoms with Crippen LogP contribution in [0.4, 0.5) is 0 Å². The number of carbonyl (C=O) groups excluding carboxylic acids is 1. The fourth-order valence-corrected chi connectivity index (χ4v) is 5.30. The molecular weight excluding hydrogens is 352 g/mol. The van der Waals surface area contributed by atoms with Crippen molar-refractivity contribution in [3.8, 4) is 0 Å². The zero-order valence-corrected chi connectivity index (χ0v) is 12.3. The Kier molecular flexibility index (Phi) is 3.79. The number of nitrogens with one attached hydrogen (secondary N) is 2. The van der Waals surface area contributed by atoms with Gasteiger partial charge in [-0.1, -0.05) is 11.6 Å². The van der Waals surface area contributed by atoms with Gasteiger partial charge in [-0.25, -0.2) is 13.1 Å². The number of hydrogen-bond acceptors (Lipinski definition) is 5. The molecule has 1 amide bonds. The molecule has 0 spiro atoms. The maximum absolute atomic E-state index is 11.9. The van der Waals surface area contributed by atoms with Crippen molar-refractivity contribution in [2.24, 2.45) is 5.92 Å². The molecule has 1 saturated heterocycles. The summed E-state index contributed by atoms with van der Waals surface area (Å²) < 4.78 is 26.5. The van der Waals surface area contributed by atoms with E-state index in [-0.39, 0.29) is 10.1 Å². The lowest BCUT2D eigenvalue weighted by Gasteiger charge is -2.25. The summed E-state index contributed by atoms with van der Waals surface area (Å²) in [6.45, 7) is 1.02. The van der Waals surface area contributed by atoms with E-state index < -0.39 is 15.9 Å². The number of sulfonamides is 1. The fraction of sp³-hybridized carbons (Fsp3) is 0.375. The fourth-order valence-electron chi connectivity index (χ4n) is 1.24. The lowest BCUT2D eigenvalue weighted by atomic mass is 10.0. The Hall–Kier alpha value is -0.150. The standard InChI is InChI=1S/C8H8BrClN2O3S2/c9-5-1-6(10)16-8(5)17(14,15)12-7(13)4-2-11-3-4/h1,4,11H,2-3H2,(H,12,13). The molecular formula is C8H8BrClN2O3S2. The molecule has 1 fully saturated rings. The first kappa shape index (κ1) is 13.3. The molecule has 0 saturated carbocycles. The topological polar surface area (TPSA) is 75.3 Å². The molecule has 2 heterocycles. The van der Waals surface area contributed by atoms with Crippen LogP contribution in [0.25, 0.3) is 0 Å². The van der Waals surface area contributed by atoms with Crippen molar-refractivity contribution in [1.82, 2.24) is 10.0 Å². The number of hydrogen-bond donors (Lipinski definition) is 2. The van der Waals surface area contributed by atoms with Crippen molar-refractivity contribution >= 4 is 54.8 Å². The Balaban J connectivity index is 2.18. The largest absolute Gasteiger partial charge is 0.315 e. The quantitative estimate of drug-likeness (QED) is 0.850. The van der Waals surface area contributed by atoms with Crippen LogP contribution in [-0.4, -0.2) is 27.4 Å². The van der Waals surface area contributed by atoms with Crippen LogP contribution in [0.15, 0.2) is 14.7 Å². The second kappa shape index (κ2) is 4.85. The highest BCUT2D eigenvalue weighted by Gasteiger charge is 2.30. The number of thiophene rings is 1. The lowest BCUT2D eigenvalue weighted by molar-refractivity contribution is -0.124. The number of carbonyl (C=O) groups is 1. The van der Waals surface area contributed by atoms with E-state index in [4.69, 9.17) is 11.6 Å². The van der Waals surface area contributed by atoms with Gasteiger partial charge in [-0.05, 0) is 22.0 Å². The molecule has 1 aliphatic heterocycles. The van der Waals surface area contributed by atoms with Crippen LogP contribution in [0.3, 0.4) is 0 Å². The van der Waals surface area contributed by atoms with E-state index >= 15 is 0 Å².